The predicted molar refractivity (Wildman–Crippen MR) is 111 cm³/mol. The van der Waals surface area contributed by atoms with Crippen molar-refractivity contribution in [3.63, 3.8) is 0 Å². The first-order valence-electron chi connectivity index (χ1n) is 10.6. The number of alkyl halides is 1. The second-order valence-corrected chi connectivity index (χ2v) is 9.21. The molecule has 2 aliphatic carbocycles. The Bertz CT molecular complexity index is 871. The highest BCUT2D eigenvalue weighted by Gasteiger charge is 2.54. The molecule has 2 aliphatic rings. The van der Waals surface area contributed by atoms with Gasteiger partial charge in [0.15, 0.2) is 5.82 Å². The number of hydrogen-bond acceptors (Lipinski definition) is 5. The Balaban J connectivity index is 1.72. The van der Waals surface area contributed by atoms with E-state index in [2.05, 4.69) is 28.0 Å². The van der Waals surface area contributed by atoms with Crippen molar-refractivity contribution in [3.05, 3.63) is 12.3 Å². The Hall–Kier alpha value is -2.78. The van der Waals surface area contributed by atoms with E-state index < -0.39 is 35.4 Å². The third kappa shape index (κ3) is 5.29. The van der Waals surface area contributed by atoms with Crippen LogP contribution in [0.25, 0.3) is 0 Å². The Kier molecular flexibility index (Phi) is 6.47. The van der Waals surface area contributed by atoms with Gasteiger partial charge in [0.05, 0.1) is 0 Å². The first-order chi connectivity index (χ1) is 14.5. The molecule has 31 heavy (non-hydrogen) atoms. The van der Waals surface area contributed by atoms with Gasteiger partial charge in [0.1, 0.15) is 17.8 Å². The largest absolute Gasteiger partial charge is 0.345 e. The number of carbonyl (C=O) groups excluding carboxylic acids is 4. The molecule has 0 bridgehead atoms. The molecule has 0 unspecified atom stereocenters. The number of Topliss-reactive ketones (excluding diaryl/α,β-unsaturated/α-hetero) is 1. The molecule has 1 aromatic heterocycles. The number of carbonyl (C=O) groups is 4. The van der Waals surface area contributed by atoms with Gasteiger partial charge in [-0.25, -0.2) is 4.39 Å². The maximum atomic E-state index is 13.8. The zero-order chi connectivity index (χ0) is 22.8. The van der Waals surface area contributed by atoms with Crippen LogP contribution in [-0.4, -0.2) is 51.0 Å². The summed E-state index contributed by atoms with van der Waals surface area (Å²) >= 11 is 0. The summed E-state index contributed by atoms with van der Waals surface area (Å²) in [5.41, 5.74) is -1.72. The van der Waals surface area contributed by atoms with Crippen molar-refractivity contribution in [3.8, 4) is 0 Å². The van der Waals surface area contributed by atoms with Gasteiger partial charge in [-0.2, -0.15) is 5.10 Å². The number of amides is 3. The van der Waals surface area contributed by atoms with E-state index in [0.29, 0.717) is 6.42 Å². The average molecular weight is 436 g/mol. The molecule has 1 atom stereocenters. The normalized spacial score (nSPS) is 25.2. The van der Waals surface area contributed by atoms with Crippen LogP contribution in [0.4, 0.5) is 10.2 Å². The standard InChI is InChI=1S/C21H30FN5O4/c1-13(28)23-15(12-20(2)7-4-5-8-20)18(30)25-21(10-14(22)11-21)17(29)19(31)24-16-6-9-27(3)26-16/h6,9,14-15H,4-5,7-8,10-12H2,1-3H3,(H,23,28)(H,25,30)(H,24,26,31)/t14?,15-,21?/m0/s1. The van der Waals surface area contributed by atoms with Crippen LogP contribution in [0.15, 0.2) is 12.3 Å². The van der Waals surface area contributed by atoms with Gasteiger partial charge in [-0.1, -0.05) is 19.8 Å². The number of halogens is 1. The second kappa shape index (κ2) is 8.76. The molecule has 170 valence electrons. The number of aryl methyl sites for hydroxylation is 1. The molecule has 3 N–H and O–H groups in total. The fourth-order valence-corrected chi connectivity index (χ4v) is 4.62. The molecule has 0 radical (unpaired) electrons. The summed E-state index contributed by atoms with van der Waals surface area (Å²) in [6, 6.07) is 0.660. The monoisotopic (exact) mass is 435 g/mol. The second-order valence-electron chi connectivity index (χ2n) is 9.21. The summed E-state index contributed by atoms with van der Waals surface area (Å²) in [5, 5.41) is 11.6. The van der Waals surface area contributed by atoms with Crippen LogP contribution in [-0.2, 0) is 26.2 Å². The molecule has 0 saturated heterocycles. The van der Waals surface area contributed by atoms with Crippen molar-refractivity contribution in [1.29, 1.82) is 0 Å². The fourth-order valence-electron chi connectivity index (χ4n) is 4.62. The number of hydrogen-bond donors (Lipinski definition) is 3. The van der Waals surface area contributed by atoms with Crippen molar-refractivity contribution >= 4 is 29.3 Å². The molecule has 1 aromatic rings. The van der Waals surface area contributed by atoms with Crippen LogP contribution in [0.1, 0.15) is 58.8 Å². The number of nitrogens with zero attached hydrogens (tertiary/aromatic N) is 2. The lowest BCUT2D eigenvalue weighted by molar-refractivity contribution is -0.146. The van der Waals surface area contributed by atoms with Gasteiger partial charge in [0, 0.05) is 39.1 Å². The number of rotatable bonds is 8. The van der Waals surface area contributed by atoms with Crippen LogP contribution >= 0.6 is 0 Å². The quantitative estimate of drug-likeness (QED) is 0.533. The van der Waals surface area contributed by atoms with E-state index in [1.165, 1.54) is 17.7 Å². The third-order valence-electron chi connectivity index (χ3n) is 6.30. The molecule has 0 spiro atoms. The van der Waals surface area contributed by atoms with Crippen molar-refractivity contribution in [2.45, 2.75) is 76.5 Å². The number of ketones is 1. The highest BCUT2D eigenvalue weighted by molar-refractivity contribution is 6.44. The fraction of sp³-hybridized carbons (Fsp3) is 0.667. The van der Waals surface area contributed by atoms with Crippen molar-refractivity contribution in [2.24, 2.45) is 12.5 Å². The minimum Gasteiger partial charge on any atom is -0.345 e. The molecule has 2 fully saturated rings. The maximum absolute atomic E-state index is 13.8. The van der Waals surface area contributed by atoms with Crippen molar-refractivity contribution in [2.75, 3.05) is 5.32 Å². The summed E-state index contributed by atoms with van der Waals surface area (Å²) in [6.07, 6.45) is 4.17. The van der Waals surface area contributed by atoms with Crippen LogP contribution in [0.2, 0.25) is 0 Å². The van der Waals surface area contributed by atoms with E-state index in [-0.39, 0.29) is 30.0 Å². The molecule has 2 saturated carbocycles. The van der Waals surface area contributed by atoms with Crippen molar-refractivity contribution in [1.82, 2.24) is 20.4 Å². The third-order valence-corrected chi connectivity index (χ3v) is 6.30. The van der Waals surface area contributed by atoms with E-state index in [0.717, 1.165) is 25.7 Å². The molecule has 0 aliphatic heterocycles. The van der Waals surface area contributed by atoms with Gasteiger partial charge in [-0.3, -0.25) is 23.9 Å². The Morgan fingerprint density at radius 2 is 1.90 bits per heavy atom. The van der Waals surface area contributed by atoms with Gasteiger partial charge in [0.25, 0.3) is 5.91 Å². The Labute approximate surface area is 180 Å². The summed E-state index contributed by atoms with van der Waals surface area (Å²) in [5.74, 6) is -2.65. The molecule has 0 aromatic carbocycles. The molecule has 10 heteroatoms. The van der Waals surface area contributed by atoms with E-state index >= 15 is 0 Å². The first kappa shape index (κ1) is 22.9. The van der Waals surface area contributed by atoms with Gasteiger partial charge >= 0.3 is 0 Å². The van der Waals surface area contributed by atoms with E-state index in [9.17, 15) is 23.6 Å². The average Bonchev–Trinajstić information content (AvgIpc) is 3.26. The first-order valence-corrected chi connectivity index (χ1v) is 10.6. The smallest absolute Gasteiger partial charge is 0.295 e. The summed E-state index contributed by atoms with van der Waals surface area (Å²) in [4.78, 5) is 50.1. The van der Waals surface area contributed by atoms with E-state index in [1.54, 1.807) is 13.2 Å². The minimum absolute atomic E-state index is 0.0970. The lowest BCUT2D eigenvalue weighted by Crippen LogP contribution is -2.68. The van der Waals surface area contributed by atoms with Crippen LogP contribution < -0.4 is 16.0 Å². The molecular formula is C21H30FN5O4. The molecule has 1 heterocycles. The van der Waals surface area contributed by atoms with E-state index in [4.69, 9.17) is 0 Å². The van der Waals surface area contributed by atoms with Crippen LogP contribution in [0.5, 0.6) is 0 Å². The lowest BCUT2D eigenvalue weighted by atomic mass is 9.71. The molecule has 3 amide bonds. The highest BCUT2D eigenvalue weighted by atomic mass is 19.1. The molecule has 9 nitrogen and oxygen atoms in total. The van der Waals surface area contributed by atoms with Gasteiger partial charge in [-0.05, 0) is 24.7 Å². The summed E-state index contributed by atoms with van der Waals surface area (Å²) in [7, 11) is 1.66. The topological polar surface area (TPSA) is 122 Å². The predicted octanol–water partition coefficient (Wildman–Crippen LogP) is 1.39. The Morgan fingerprint density at radius 3 is 2.42 bits per heavy atom. The Morgan fingerprint density at radius 1 is 1.26 bits per heavy atom. The van der Waals surface area contributed by atoms with E-state index in [1.807, 2.05) is 0 Å². The van der Waals surface area contributed by atoms with Gasteiger partial charge < -0.3 is 16.0 Å². The van der Waals surface area contributed by atoms with Crippen LogP contribution in [0, 0.1) is 5.41 Å². The van der Waals surface area contributed by atoms with Crippen LogP contribution in [0.3, 0.4) is 0 Å². The van der Waals surface area contributed by atoms with Crippen molar-refractivity contribution < 1.29 is 23.6 Å². The number of nitrogens with one attached hydrogen (secondary N) is 3. The summed E-state index contributed by atoms with van der Waals surface area (Å²) in [6.45, 7) is 3.39. The van der Waals surface area contributed by atoms with Gasteiger partial charge in [0.2, 0.25) is 17.6 Å². The number of anilines is 1. The lowest BCUT2D eigenvalue weighted by Gasteiger charge is -2.43. The molecular weight excluding hydrogens is 405 g/mol. The van der Waals surface area contributed by atoms with Gasteiger partial charge in [-0.15, -0.1) is 0 Å². The minimum atomic E-state index is -1.62. The highest BCUT2D eigenvalue weighted by Crippen LogP contribution is 2.42. The zero-order valence-corrected chi connectivity index (χ0v) is 18.2. The maximum Gasteiger partial charge on any atom is 0.295 e. The zero-order valence-electron chi connectivity index (χ0n) is 18.2. The molecule has 3 rings (SSSR count). The number of aromatic nitrogens is 2. The summed E-state index contributed by atoms with van der Waals surface area (Å²) < 4.78 is 15.3. The SMILES string of the molecule is CC(=O)N[C@@H](CC1(C)CCCC1)C(=O)NC1(C(=O)C(=O)Nc2ccn(C)n2)CC(F)C1.